The number of hydrogen-bond acceptors (Lipinski definition) is 6. The number of urea groups is 1. The average molecular weight is 598 g/mol. The molecule has 1 fully saturated rings. The molecule has 2 aliphatic rings. The van der Waals surface area contributed by atoms with Gasteiger partial charge in [0, 0.05) is 43.0 Å². The van der Waals surface area contributed by atoms with Crippen LogP contribution in [0, 0.1) is 11.3 Å². The van der Waals surface area contributed by atoms with Gasteiger partial charge in [0.15, 0.2) is 0 Å². The second-order valence-electron chi connectivity index (χ2n) is 10.5. The second-order valence-corrected chi connectivity index (χ2v) is 10.5. The Balaban J connectivity index is 1.17. The quantitative estimate of drug-likeness (QED) is 0.283. The number of hydrogen-bond donors (Lipinski definition) is 1. The van der Waals surface area contributed by atoms with Gasteiger partial charge in [-0.05, 0) is 75.2 Å². The number of nitriles is 1. The number of halogens is 3. The van der Waals surface area contributed by atoms with Gasteiger partial charge >= 0.3 is 12.2 Å². The van der Waals surface area contributed by atoms with Crippen molar-refractivity contribution >= 4 is 29.2 Å². The van der Waals surface area contributed by atoms with Crippen molar-refractivity contribution in [3.8, 4) is 11.8 Å². The molecule has 0 bridgehead atoms. The lowest BCUT2D eigenvalue weighted by Crippen LogP contribution is -2.50. The molecule has 0 saturated carbocycles. The van der Waals surface area contributed by atoms with E-state index in [0.717, 1.165) is 55.6 Å². The lowest BCUT2D eigenvalue weighted by Gasteiger charge is -2.34. The number of piperazine rings is 1. The first-order chi connectivity index (χ1) is 20.5. The molecule has 43 heavy (non-hydrogen) atoms. The molecule has 0 radical (unpaired) electrons. The molecule has 0 atom stereocenters. The van der Waals surface area contributed by atoms with Crippen LogP contribution in [0.5, 0.6) is 5.75 Å². The van der Waals surface area contributed by atoms with Gasteiger partial charge < -0.3 is 15.0 Å². The molecule has 4 amide bonds. The number of anilines is 2. The zero-order valence-corrected chi connectivity index (χ0v) is 24.2. The van der Waals surface area contributed by atoms with Gasteiger partial charge in [0.05, 0.1) is 30.0 Å². The van der Waals surface area contributed by atoms with Crippen LogP contribution in [0.4, 0.5) is 29.3 Å². The summed E-state index contributed by atoms with van der Waals surface area (Å²) in [5, 5.41) is 11.9. The normalized spacial score (nSPS) is 16.1. The standard InChI is InChI=1S/C31H34F3N5O4/c1-21-26(29(41)39(28(21)40)24-11-8-22(20-35)27(19-24)31(32,33)34)7-5-3-4-6-14-37-15-17-38(18-16-37)30(42)36-23-9-12-25(43-2)13-10-23/h8-13,19H,3-7,14-18H2,1-2H3,(H,36,42). The smallest absolute Gasteiger partial charge is 0.417 e. The van der Waals surface area contributed by atoms with Gasteiger partial charge in [-0.15, -0.1) is 0 Å². The summed E-state index contributed by atoms with van der Waals surface area (Å²) in [6.07, 6.45) is -1.07. The molecule has 0 spiro atoms. The third-order valence-corrected chi connectivity index (χ3v) is 7.78. The zero-order chi connectivity index (χ0) is 31.1. The first kappa shape index (κ1) is 31.6. The Morgan fingerprint density at radius 1 is 0.977 bits per heavy atom. The van der Waals surface area contributed by atoms with Crippen molar-refractivity contribution in [2.45, 2.75) is 45.2 Å². The van der Waals surface area contributed by atoms with Crippen LogP contribution in [0.25, 0.3) is 0 Å². The number of methoxy groups -OCH3 is 1. The highest BCUT2D eigenvalue weighted by Gasteiger charge is 2.39. The average Bonchev–Trinajstić information content (AvgIpc) is 3.21. The van der Waals surface area contributed by atoms with Crippen LogP contribution in [0.15, 0.2) is 53.6 Å². The molecule has 2 aliphatic heterocycles. The summed E-state index contributed by atoms with van der Waals surface area (Å²) >= 11 is 0. The summed E-state index contributed by atoms with van der Waals surface area (Å²) in [6, 6.07) is 11.4. The van der Waals surface area contributed by atoms with E-state index in [1.807, 2.05) is 0 Å². The van der Waals surface area contributed by atoms with Crippen LogP contribution in [0.2, 0.25) is 0 Å². The fourth-order valence-electron chi connectivity index (χ4n) is 5.26. The summed E-state index contributed by atoms with van der Waals surface area (Å²) in [4.78, 5) is 43.3. The highest BCUT2D eigenvalue weighted by Crippen LogP contribution is 2.37. The van der Waals surface area contributed by atoms with Crippen molar-refractivity contribution in [3.63, 3.8) is 0 Å². The Labute approximate surface area is 248 Å². The molecule has 0 aromatic heterocycles. The van der Waals surface area contributed by atoms with Crippen molar-refractivity contribution in [1.29, 1.82) is 5.26 Å². The number of nitrogens with one attached hydrogen (secondary N) is 1. The van der Waals surface area contributed by atoms with E-state index in [1.165, 1.54) is 19.1 Å². The van der Waals surface area contributed by atoms with E-state index in [1.54, 1.807) is 36.3 Å². The van der Waals surface area contributed by atoms with Crippen LogP contribution < -0.4 is 15.0 Å². The Bertz CT molecular complexity index is 1420. The maximum absolute atomic E-state index is 13.4. The third kappa shape index (κ3) is 7.53. The van der Waals surface area contributed by atoms with Crippen LogP contribution in [0.3, 0.4) is 0 Å². The zero-order valence-electron chi connectivity index (χ0n) is 24.2. The summed E-state index contributed by atoms with van der Waals surface area (Å²) in [7, 11) is 1.59. The Kier molecular flexibility index (Phi) is 10.1. The first-order valence-electron chi connectivity index (χ1n) is 14.2. The number of rotatable bonds is 10. The van der Waals surface area contributed by atoms with E-state index in [0.29, 0.717) is 43.3 Å². The van der Waals surface area contributed by atoms with E-state index in [4.69, 9.17) is 10.00 Å². The van der Waals surface area contributed by atoms with Gasteiger partial charge in [-0.25, -0.2) is 9.69 Å². The van der Waals surface area contributed by atoms with E-state index in [2.05, 4.69) is 10.2 Å². The predicted molar refractivity (Wildman–Crippen MR) is 154 cm³/mol. The van der Waals surface area contributed by atoms with Crippen LogP contribution in [-0.4, -0.2) is 67.5 Å². The number of carbonyl (C=O) groups is 3. The molecule has 9 nitrogen and oxygen atoms in total. The SMILES string of the molecule is COc1ccc(NC(=O)N2CCN(CCCCCCC3=C(C)C(=O)N(c4ccc(C#N)c(C(F)(F)F)c4)C3=O)CC2)cc1. The molecular formula is C31H34F3N5O4. The minimum Gasteiger partial charge on any atom is -0.497 e. The summed E-state index contributed by atoms with van der Waals surface area (Å²) in [5.74, 6) is -0.540. The summed E-state index contributed by atoms with van der Waals surface area (Å²) < 4.78 is 45.4. The fraction of sp³-hybridized carbons (Fsp3) is 0.419. The highest BCUT2D eigenvalue weighted by atomic mass is 19.4. The molecule has 4 rings (SSSR count). The minimum atomic E-state index is -4.79. The van der Waals surface area contributed by atoms with Crippen LogP contribution in [0.1, 0.15) is 50.2 Å². The Morgan fingerprint density at radius 2 is 1.65 bits per heavy atom. The summed E-state index contributed by atoms with van der Waals surface area (Å²) in [6.45, 7) is 5.22. The maximum Gasteiger partial charge on any atom is 0.417 e. The van der Waals surface area contributed by atoms with Gasteiger partial charge in [0.1, 0.15) is 5.75 Å². The second kappa shape index (κ2) is 13.7. The van der Waals surface area contributed by atoms with Crippen molar-refractivity contribution < 1.29 is 32.3 Å². The minimum absolute atomic E-state index is 0.132. The number of amides is 4. The maximum atomic E-state index is 13.4. The largest absolute Gasteiger partial charge is 0.497 e. The van der Waals surface area contributed by atoms with Crippen molar-refractivity contribution in [2.75, 3.05) is 50.1 Å². The lowest BCUT2D eigenvalue weighted by atomic mass is 10.0. The third-order valence-electron chi connectivity index (χ3n) is 7.78. The molecule has 2 aromatic carbocycles. The number of unbranched alkanes of at least 4 members (excludes halogenated alkanes) is 3. The van der Waals surface area contributed by atoms with E-state index >= 15 is 0 Å². The van der Waals surface area contributed by atoms with Crippen molar-refractivity contribution in [2.24, 2.45) is 0 Å². The van der Waals surface area contributed by atoms with E-state index in [9.17, 15) is 27.6 Å². The highest BCUT2D eigenvalue weighted by molar-refractivity contribution is 6.32. The number of alkyl halides is 3. The van der Waals surface area contributed by atoms with E-state index < -0.39 is 29.1 Å². The number of nitrogens with zero attached hydrogens (tertiary/aromatic N) is 4. The van der Waals surface area contributed by atoms with E-state index in [-0.39, 0.29) is 17.3 Å². The van der Waals surface area contributed by atoms with Crippen molar-refractivity contribution in [3.05, 3.63) is 64.7 Å². The number of imide groups is 1. The number of ether oxygens (including phenoxy) is 1. The van der Waals surface area contributed by atoms with Gasteiger partial charge in [0.25, 0.3) is 11.8 Å². The molecule has 1 N–H and O–H groups in total. The molecule has 2 heterocycles. The van der Waals surface area contributed by atoms with Gasteiger partial charge in [-0.2, -0.15) is 18.4 Å². The molecule has 0 unspecified atom stereocenters. The Morgan fingerprint density at radius 3 is 2.28 bits per heavy atom. The molecule has 2 aromatic rings. The Hall–Kier alpha value is -4.37. The molecule has 1 saturated heterocycles. The van der Waals surface area contributed by atoms with Crippen LogP contribution >= 0.6 is 0 Å². The monoisotopic (exact) mass is 597 g/mol. The number of benzene rings is 2. The van der Waals surface area contributed by atoms with Crippen molar-refractivity contribution in [1.82, 2.24) is 9.80 Å². The van der Waals surface area contributed by atoms with Gasteiger partial charge in [0.2, 0.25) is 0 Å². The topological polar surface area (TPSA) is 106 Å². The first-order valence-corrected chi connectivity index (χ1v) is 14.2. The predicted octanol–water partition coefficient (Wildman–Crippen LogP) is 5.58. The molecule has 0 aliphatic carbocycles. The van der Waals surface area contributed by atoms with Gasteiger partial charge in [-0.1, -0.05) is 12.8 Å². The molecule has 228 valence electrons. The number of carbonyl (C=O) groups excluding carboxylic acids is 3. The summed E-state index contributed by atoms with van der Waals surface area (Å²) in [5.41, 5.74) is -0.701. The van der Waals surface area contributed by atoms with Crippen LogP contribution in [-0.2, 0) is 15.8 Å². The fourth-order valence-corrected chi connectivity index (χ4v) is 5.26. The van der Waals surface area contributed by atoms with Gasteiger partial charge in [-0.3, -0.25) is 14.5 Å². The lowest BCUT2D eigenvalue weighted by molar-refractivity contribution is -0.138. The molecular weight excluding hydrogens is 563 g/mol. The molecule has 12 heteroatoms.